The van der Waals surface area contributed by atoms with E-state index in [1.165, 1.54) is 0 Å². The molecule has 3 rings (SSSR count). The zero-order valence-electron chi connectivity index (χ0n) is 18.3. The molecule has 0 saturated heterocycles. The third-order valence-electron chi connectivity index (χ3n) is 5.12. The van der Waals surface area contributed by atoms with Gasteiger partial charge >= 0.3 is 5.97 Å². The molecule has 0 fully saturated rings. The minimum atomic E-state index is -0.316. The van der Waals surface area contributed by atoms with Crippen LogP contribution < -0.4 is 10.1 Å². The molecule has 1 aliphatic rings. The van der Waals surface area contributed by atoms with Crippen molar-refractivity contribution < 1.29 is 23.9 Å². The van der Waals surface area contributed by atoms with Crippen LogP contribution in [0.3, 0.4) is 0 Å². The van der Waals surface area contributed by atoms with E-state index >= 15 is 0 Å². The predicted molar refractivity (Wildman–Crippen MR) is 119 cm³/mol. The summed E-state index contributed by atoms with van der Waals surface area (Å²) >= 11 is 0. The summed E-state index contributed by atoms with van der Waals surface area (Å²) < 4.78 is 10.8. The maximum Gasteiger partial charge on any atom is 0.307 e. The van der Waals surface area contributed by atoms with Crippen LogP contribution in [-0.2, 0) is 32.1 Å². The number of nitrogens with zero attached hydrogens (tertiary/aromatic N) is 2. The number of benzene rings is 1. The molecule has 1 aromatic carbocycles. The summed E-state index contributed by atoms with van der Waals surface area (Å²) in [6.45, 7) is 3.17. The van der Waals surface area contributed by atoms with Crippen molar-refractivity contribution in [3.8, 4) is 5.75 Å². The average Bonchev–Trinajstić information content (AvgIpc) is 2.80. The zero-order chi connectivity index (χ0) is 22.8. The Labute approximate surface area is 187 Å². The number of aromatic nitrogens is 1. The van der Waals surface area contributed by atoms with E-state index in [9.17, 15) is 14.4 Å². The fourth-order valence-electron chi connectivity index (χ4n) is 3.48. The van der Waals surface area contributed by atoms with Crippen LogP contribution in [0.1, 0.15) is 43.7 Å². The Bertz CT molecular complexity index is 932. The van der Waals surface area contributed by atoms with Crippen LogP contribution in [0.4, 0.5) is 5.69 Å². The van der Waals surface area contributed by atoms with Crippen molar-refractivity contribution in [2.24, 2.45) is 0 Å². The minimum absolute atomic E-state index is 0.0310. The quantitative estimate of drug-likeness (QED) is 0.427. The van der Waals surface area contributed by atoms with E-state index in [2.05, 4.69) is 10.3 Å². The Morgan fingerprint density at radius 2 is 2.06 bits per heavy atom. The van der Waals surface area contributed by atoms with Gasteiger partial charge in [-0.25, -0.2) is 0 Å². The largest absolute Gasteiger partial charge is 0.494 e. The van der Waals surface area contributed by atoms with Crippen LogP contribution in [0, 0.1) is 0 Å². The van der Waals surface area contributed by atoms with E-state index in [1.54, 1.807) is 24.2 Å². The van der Waals surface area contributed by atoms with E-state index in [-0.39, 0.29) is 24.2 Å². The van der Waals surface area contributed by atoms with Gasteiger partial charge < -0.3 is 19.7 Å². The molecule has 0 aliphatic carbocycles. The molecule has 170 valence electrons. The molecule has 8 heteroatoms. The Hall–Kier alpha value is -3.42. The number of esters is 1. The van der Waals surface area contributed by atoms with Gasteiger partial charge in [-0.3, -0.25) is 19.4 Å². The zero-order valence-corrected chi connectivity index (χ0v) is 18.3. The molecule has 2 heterocycles. The van der Waals surface area contributed by atoms with Gasteiger partial charge in [0.05, 0.1) is 19.6 Å². The van der Waals surface area contributed by atoms with E-state index in [0.717, 1.165) is 22.6 Å². The smallest absolute Gasteiger partial charge is 0.307 e. The molecular formula is C24H29N3O5. The van der Waals surface area contributed by atoms with Crippen molar-refractivity contribution in [2.45, 2.75) is 45.6 Å². The molecule has 0 saturated carbocycles. The first-order valence-electron chi connectivity index (χ1n) is 10.9. The number of amides is 2. The van der Waals surface area contributed by atoms with Gasteiger partial charge in [0.25, 0.3) is 0 Å². The van der Waals surface area contributed by atoms with Crippen LogP contribution in [0.2, 0.25) is 0 Å². The molecule has 1 aliphatic heterocycles. The highest BCUT2D eigenvalue weighted by atomic mass is 16.5. The second-order valence-corrected chi connectivity index (χ2v) is 7.55. The van der Waals surface area contributed by atoms with Gasteiger partial charge in [0, 0.05) is 44.0 Å². The highest BCUT2D eigenvalue weighted by Gasteiger charge is 2.17. The Morgan fingerprint density at radius 3 is 2.84 bits per heavy atom. The number of rotatable bonds is 11. The summed E-state index contributed by atoms with van der Waals surface area (Å²) in [5, 5.41) is 2.85. The molecule has 0 radical (unpaired) electrons. The van der Waals surface area contributed by atoms with E-state index in [0.29, 0.717) is 52.0 Å². The highest BCUT2D eigenvalue weighted by molar-refractivity contribution is 5.94. The predicted octanol–water partition coefficient (Wildman–Crippen LogP) is 3.11. The third-order valence-corrected chi connectivity index (χ3v) is 5.12. The number of pyridine rings is 1. The molecule has 2 amide bonds. The summed E-state index contributed by atoms with van der Waals surface area (Å²) in [6.07, 6.45) is 5.58. The lowest BCUT2D eigenvalue weighted by atomic mass is 10.0. The number of hydrogen-bond acceptors (Lipinski definition) is 6. The molecule has 0 atom stereocenters. The molecule has 8 nitrogen and oxygen atoms in total. The molecule has 1 N–H and O–H groups in total. The maximum absolute atomic E-state index is 12.8. The number of ether oxygens (including phenoxy) is 2. The summed E-state index contributed by atoms with van der Waals surface area (Å²) in [7, 11) is 0. The number of anilines is 1. The van der Waals surface area contributed by atoms with Crippen LogP contribution in [-0.4, -0.2) is 47.4 Å². The monoisotopic (exact) mass is 439 g/mol. The molecule has 0 unspecified atom stereocenters. The first kappa shape index (κ1) is 23.2. The van der Waals surface area contributed by atoms with E-state index in [4.69, 9.17) is 9.47 Å². The van der Waals surface area contributed by atoms with E-state index in [1.807, 2.05) is 30.3 Å². The van der Waals surface area contributed by atoms with Gasteiger partial charge in [0.1, 0.15) is 5.75 Å². The standard InChI is InChI=1S/C24H29N3O5/c1-2-31-24(30)11-13-27(17-18-5-3-12-25-16-18)23(29)6-4-14-32-20-8-9-21-19(15-20)7-10-22(28)26-21/h3,5,8-9,12,15-16H,2,4,6-7,10-11,13-14,17H2,1H3,(H,26,28). The van der Waals surface area contributed by atoms with Crippen molar-refractivity contribution in [3.63, 3.8) is 0 Å². The van der Waals surface area contributed by atoms with Crippen LogP contribution in [0.15, 0.2) is 42.7 Å². The summed E-state index contributed by atoms with van der Waals surface area (Å²) in [5.41, 5.74) is 2.79. The number of aryl methyl sites for hydroxylation is 1. The average molecular weight is 440 g/mol. The fourth-order valence-corrected chi connectivity index (χ4v) is 3.48. The van der Waals surface area contributed by atoms with Crippen molar-refractivity contribution in [1.29, 1.82) is 0 Å². The summed E-state index contributed by atoms with van der Waals surface area (Å²) in [5.74, 6) is 0.392. The topological polar surface area (TPSA) is 97.8 Å². The normalized spacial score (nSPS) is 12.5. The van der Waals surface area contributed by atoms with Crippen LogP contribution in [0.25, 0.3) is 0 Å². The number of hydrogen-bond donors (Lipinski definition) is 1. The molecule has 0 spiro atoms. The van der Waals surface area contributed by atoms with Gasteiger partial charge in [0.15, 0.2) is 0 Å². The number of carbonyl (C=O) groups is 3. The molecular weight excluding hydrogens is 410 g/mol. The van der Waals surface area contributed by atoms with Gasteiger partial charge in [-0.2, -0.15) is 0 Å². The second-order valence-electron chi connectivity index (χ2n) is 7.55. The third kappa shape index (κ3) is 7.08. The fraction of sp³-hybridized carbons (Fsp3) is 0.417. The van der Waals surface area contributed by atoms with E-state index < -0.39 is 0 Å². The SMILES string of the molecule is CCOC(=O)CCN(Cc1cccnc1)C(=O)CCCOc1ccc2c(c1)CCC(=O)N2. The second kappa shape index (κ2) is 11.8. The van der Waals surface area contributed by atoms with Crippen LogP contribution in [0.5, 0.6) is 5.75 Å². The van der Waals surface area contributed by atoms with Crippen molar-refractivity contribution in [2.75, 3.05) is 25.1 Å². The minimum Gasteiger partial charge on any atom is -0.494 e. The van der Waals surface area contributed by atoms with Crippen molar-refractivity contribution in [3.05, 3.63) is 53.9 Å². The van der Waals surface area contributed by atoms with Gasteiger partial charge in [-0.05, 0) is 55.2 Å². The Balaban J connectivity index is 1.49. The number of carbonyl (C=O) groups excluding carboxylic acids is 3. The van der Waals surface area contributed by atoms with Gasteiger partial charge in [-0.15, -0.1) is 0 Å². The number of nitrogens with one attached hydrogen (secondary N) is 1. The summed E-state index contributed by atoms with van der Waals surface area (Å²) in [6, 6.07) is 9.32. The lowest BCUT2D eigenvalue weighted by molar-refractivity contribution is -0.144. The van der Waals surface area contributed by atoms with Gasteiger partial charge in [0.2, 0.25) is 11.8 Å². The summed E-state index contributed by atoms with van der Waals surface area (Å²) in [4.78, 5) is 41.8. The maximum atomic E-state index is 12.8. The lowest BCUT2D eigenvalue weighted by Gasteiger charge is -2.22. The molecule has 32 heavy (non-hydrogen) atoms. The molecule has 2 aromatic rings. The highest BCUT2D eigenvalue weighted by Crippen LogP contribution is 2.26. The lowest BCUT2D eigenvalue weighted by Crippen LogP contribution is -2.33. The van der Waals surface area contributed by atoms with Crippen molar-refractivity contribution >= 4 is 23.5 Å². The Kier molecular flexibility index (Phi) is 8.60. The van der Waals surface area contributed by atoms with Crippen LogP contribution >= 0.6 is 0 Å². The first-order chi connectivity index (χ1) is 15.5. The van der Waals surface area contributed by atoms with Gasteiger partial charge in [-0.1, -0.05) is 6.07 Å². The number of fused-ring (bicyclic) bond motifs is 1. The molecule has 0 bridgehead atoms. The Morgan fingerprint density at radius 1 is 1.19 bits per heavy atom. The molecule has 1 aromatic heterocycles. The van der Waals surface area contributed by atoms with Crippen molar-refractivity contribution in [1.82, 2.24) is 9.88 Å². The first-order valence-corrected chi connectivity index (χ1v) is 10.9.